The molecule has 1 atom stereocenters. The molecule has 0 bridgehead atoms. The van der Waals surface area contributed by atoms with Crippen LogP contribution in [0.4, 0.5) is 5.69 Å². The number of amides is 1. The van der Waals surface area contributed by atoms with Crippen molar-refractivity contribution in [2.75, 3.05) is 20.2 Å². The van der Waals surface area contributed by atoms with E-state index in [1.165, 1.54) is 30.2 Å². The summed E-state index contributed by atoms with van der Waals surface area (Å²) in [6.45, 7) is 0.613. The summed E-state index contributed by atoms with van der Waals surface area (Å²) in [4.78, 5) is 35.5. The fraction of sp³-hybridized carbons (Fsp3) is 0.385. The van der Waals surface area contributed by atoms with Crippen molar-refractivity contribution in [2.24, 2.45) is 5.92 Å². The summed E-state index contributed by atoms with van der Waals surface area (Å²) in [6.07, 6.45) is 0.505. The fourth-order valence-electron chi connectivity index (χ4n) is 2.30. The largest absolute Gasteiger partial charge is 0.469 e. The number of carbonyl (C=O) groups is 2. The van der Waals surface area contributed by atoms with E-state index in [9.17, 15) is 19.7 Å². The first kappa shape index (κ1) is 15.2. The highest BCUT2D eigenvalue weighted by atomic mass is 35.5. The number of methoxy groups -OCH3 is 1. The van der Waals surface area contributed by atoms with Crippen molar-refractivity contribution in [3.8, 4) is 0 Å². The molecule has 1 aliphatic heterocycles. The Balaban J connectivity index is 2.20. The summed E-state index contributed by atoms with van der Waals surface area (Å²) < 4.78 is 4.65. The first-order valence-corrected chi connectivity index (χ1v) is 6.63. The van der Waals surface area contributed by atoms with Crippen molar-refractivity contribution in [3.63, 3.8) is 0 Å². The standard InChI is InChI=1S/C13H13ClN2O5/c1-21-13(18)8-5-6-15(7-8)12(17)9-3-2-4-10(11(9)14)16(19)20/h2-4,8H,5-7H2,1H3. The molecule has 0 aromatic heterocycles. The summed E-state index contributed by atoms with van der Waals surface area (Å²) in [6, 6.07) is 4.08. The molecule has 0 saturated carbocycles. The van der Waals surface area contributed by atoms with Gasteiger partial charge in [0.25, 0.3) is 11.6 Å². The SMILES string of the molecule is COC(=O)C1CCN(C(=O)c2cccc([N+](=O)[O-])c2Cl)C1. The lowest BCUT2D eigenvalue weighted by Crippen LogP contribution is -2.30. The molecule has 1 aromatic carbocycles. The highest BCUT2D eigenvalue weighted by molar-refractivity contribution is 6.35. The molecule has 8 heteroatoms. The zero-order chi connectivity index (χ0) is 15.6. The minimum absolute atomic E-state index is 0.0661. The van der Waals surface area contributed by atoms with Gasteiger partial charge in [0.2, 0.25) is 0 Å². The van der Waals surface area contributed by atoms with Crippen LogP contribution in [0, 0.1) is 16.0 Å². The van der Waals surface area contributed by atoms with Gasteiger partial charge in [-0.3, -0.25) is 19.7 Å². The second-order valence-electron chi connectivity index (χ2n) is 4.66. The van der Waals surface area contributed by atoms with Crippen LogP contribution in [0.15, 0.2) is 18.2 Å². The smallest absolute Gasteiger partial charge is 0.310 e. The third-order valence-corrected chi connectivity index (χ3v) is 3.81. The maximum atomic E-state index is 12.4. The van der Waals surface area contributed by atoms with Gasteiger partial charge in [0.1, 0.15) is 5.02 Å². The van der Waals surface area contributed by atoms with E-state index in [-0.39, 0.29) is 34.7 Å². The predicted molar refractivity (Wildman–Crippen MR) is 74.1 cm³/mol. The Labute approximate surface area is 125 Å². The number of hydrogen-bond donors (Lipinski definition) is 0. The minimum atomic E-state index is -0.639. The van der Waals surface area contributed by atoms with E-state index in [0.29, 0.717) is 13.0 Å². The number of hydrogen-bond acceptors (Lipinski definition) is 5. The van der Waals surface area contributed by atoms with E-state index >= 15 is 0 Å². The zero-order valence-electron chi connectivity index (χ0n) is 11.2. The molecular formula is C13H13ClN2O5. The Kier molecular flexibility index (Phi) is 4.42. The molecule has 112 valence electrons. The van der Waals surface area contributed by atoms with Gasteiger partial charge in [0, 0.05) is 19.2 Å². The summed E-state index contributed by atoms with van der Waals surface area (Å²) in [5, 5.41) is 10.6. The minimum Gasteiger partial charge on any atom is -0.469 e. The van der Waals surface area contributed by atoms with Crippen LogP contribution in [0.2, 0.25) is 5.02 Å². The van der Waals surface area contributed by atoms with Gasteiger partial charge in [0.15, 0.2) is 0 Å². The van der Waals surface area contributed by atoms with E-state index in [1.54, 1.807) is 0 Å². The van der Waals surface area contributed by atoms with Crippen molar-refractivity contribution in [3.05, 3.63) is 38.9 Å². The molecule has 0 radical (unpaired) electrons. The average molecular weight is 313 g/mol. The molecule has 21 heavy (non-hydrogen) atoms. The van der Waals surface area contributed by atoms with Gasteiger partial charge in [-0.15, -0.1) is 0 Å². The third-order valence-electron chi connectivity index (χ3n) is 3.42. The number of carbonyl (C=O) groups excluding carboxylic acids is 2. The van der Waals surface area contributed by atoms with Gasteiger partial charge < -0.3 is 9.64 Å². The van der Waals surface area contributed by atoms with Crippen LogP contribution >= 0.6 is 11.6 Å². The molecule has 1 fully saturated rings. The van der Waals surface area contributed by atoms with Crippen molar-refractivity contribution in [2.45, 2.75) is 6.42 Å². The molecule has 1 unspecified atom stereocenters. The highest BCUT2D eigenvalue weighted by Crippen LogP contribution is 2.30. The summed E-state index contributed by atoms with van der Waals surface area (Å²) >= 11 is 5.92. The number of halogens is 1. The lowest BCUT2D eigenvalue weighted by atomic mass is 10.1. The number of nitro benzene ring substituents is 1. The van der Waals surface area contributed by atoms with E-state index in [4.69, 9.17) is 11.6 Å². The lowest BCUT2D eigenvalue weighted by Gasteiger charge is -2.16. The van der Waals surface area contributed by atoms with Crippen molar-refractivity contribution in [1.82, 2.24) is 4.90 Å². The molecule has 2 rings (SSSR count). The summed E-state index contributed by atoms with van der Waals surface area (Å²) in [7, 11) is 1.30. The summed E-state index contributed by atoms with van der Waals surface area (Å²) in [5.41, 5.74) is -0.248. The molecule has 0 aliphatic carbocycles. The fourth-order valence-corrected chi connectivity index (χ4v) is 2.58. The number of nitrogens with zero attached hydrogens (tertiary/aromatic N) is 2. The second-order valence-corrected chi connectivity index (χ2v) is 5.03. The normalized spacial score (nSPS) is 17.6. The zero-order valence-corrected chi connectivity index (χ0v) is 12.0. The second kappa shape index (κ2) is 6.09. The Bertz CT molecular complexity index is 604. The maximum absolute atomic E-state index is 12.4. The van der Waals surface area contributed by atoms with Gasteiger partial charge in [0.05, 0.1) is 23.5 Å². The van der Waals surface area contributed by atoms with Gasteiger partial charge >= 0.3 is 5.97 Å². The molecule has 0 spiro atoms. The predicted octanol–water partition coefficient (Wildman–Crippen LogP) is 1.88. The number of nitro groups is 1. The first-order chi connectivity index (χ1) is 9.95. The highest BCUT2D eigenvalue weighted by Gasteiger charge is 2.33. The molecule has 1 amide bonds. The van der Waals surface area contributed by atoms with Gasteiger partial charge in [-0.1, -0.05) is 17.7 Å². The van der Waals surface area contributed by atoms with E-state index < -0.39 is 10.8 Å². The first-order valence-electron chi connectivity index (χ1n) is 6.25. The summed E-state index contributed by atoms with van der Waals surface area (Å²) in [5.74, 6) is -1.15. The quantitative estimate of drug-likeness (QED) is 0.483. The molecular weight excluding hydrogens is 300 g/mol. The van der Waals surface area contributed by atoms with E-state index in [0.717, 1.165) is 0 Å². The van der Waals surface area contributed by atoms with Gasteiger partial charge in [-0.25, -0.2) is 0 Å². The monoisotopic (exact) mass is 312 g/mol. The van der Waals surface area contributed by atoms with Crippen LogP contribution in [-0.2, 0) is 9.53 Å². The van der Waals surface area contributed by atoms with Crippen molar-refractivity contribution in [1.29, 1.82) is 0 Å². The molecule has 7 nitrogen and oxygen atoms in total. The maximum Gasteiger partial charge on any atom is 0.310 e. The number of likely N-dealkylation sites (tertiary alicyclic amines) is 1. The van der Waals surface area contributed by atoms with Crippen LogP contribution in [-0.4, -0.2) is 41.9 Å². The number of esters is 1. The Morgan fingerprint density at radius 1 is 1.48 bits per heavy atom. The van der Waals surface area contributed by atoms with Gasteiger partial charge in [-0.05, 0) is 12.5 Å². The van der Waals surface area contributed by atoms with Crippen molar-refractivity contribution < 1.29 is 19.2 Å². The molecule has 1 aromatic rings. The Hall–Kier alpha value is -2.15. The van der Waals surface area contributed by atoms with Crippen LogP contribution in [0.25, 0.3) is 0 Å². The van der Waals surface area contributed by atoms with Crippen molar-refractivity contribution >= 4 is 29.2 Å². The van der Waals surface area contributed by atoms with Crippen LogP contribution < -0.4 is 0 Å². The topological polar surface area (TPSA) is 89.8 Å². The number of ether oxygens (including phenoxy) is 1. The van der Waals surface area contributed by atoms with Gasteiger partial charge in [-0.2, -0.15) is 0 Å². The third kappa shape index (κ3) is 2.97. The number of rotatable bonds is 3. The molecule has 1 saturated heterocycles. The molecule has 1 heterocycles. The number of benzene rings is 1. The average Bonchev–Trinajstić information content (AvgIpc) is 2.95. The van der Waals surface area contributed by atoms with E-state index in [2.05, 4.69) is 4.74 Å². The lowest BCUT2D eigenvalue weighted by molar-refractivity contribution is -0.384. The van der Waals surface area contributed by atoms with E-state index in [1.807, 2.05) is 0 Å². The molecule has 1 aliphatic rings. The van der Waals surface area contributed by atoms with Crippen LogP contribution in [0.1, 0.15) is 16.8 Å². The Morgan fingerprint density at radius 3 is 2.81 bits per heavy atom. The molecule has 0 N–H and O–H groups in total. The Morgan fingerprint density at radius 2 is 2.19 bits per heavy atom. The van der Waals surface area contributed by atoms with Crippen LogP contribution in [0.3, 0.4) is 0 Å². The van der Waals surface area contributed by atoms with Crippen LogP contribution in [0.5, 0.6) is 0 Å².